The van der Waals surface area contributed by atoms with E-state index in [0.29, 0.717) is 6.79 Å². The van der Waals surface area contributed by atoms with Crippen LogP contribution in [0.1, 0.15) is 42.1 Å². The number of ether oxygens (including phenoxy) is 4. The van der Waals surface area contributed by atoms with Crippen molar-refractivity contribution in [1.29, 1.82) is 0 Å². The minimum atomic E-state index is 0.197. The molecule has 0 radical (unpaired) electrons. The zero-order valence-electron chi connectivity index (χ0n) is 16.1. The van der Waals surface area contributed by atoms with Crippen LogP contribution in [0.4, 0.5) is 0 Å². The maximum absolute atomic E-state index is 5.75. The number of hydrogen-bond acceptors (Lipinski definition) is 5. The molecule has 5 nitrogen and oxygen atoms in total. The third-order valence-electron chi connectivity index (χ3n) is 5.99. The van der Waals surface area contributed by atoms with Crippen LogP contribution in [-0.4, -0.2) is 32.5 Å². The number of hydrogen-bond donors (Lipinski definition) is 0. The van der Waals surface area contributed by atoms with Crippen LogP contribution < -0.4 is 18.9 Å². The van der Waals surface area contributed by atoms with Crippen molar-refractivity contribution < 1.29 is 18.9 Å². The first-order valence-corrected chi connectivity index (χ1v) is 9.29. The van der Waals surface area contributed by atoms with Gasteiger partial charge in [0.25, 0.3) is 0 Å². The van der Waals surface area contributed by atoms with E-state index in [0.717, 1.165) is 36.0 Å². The topological polar surface area (TPSA) is 40.2 Å². The first-order valence-electron chi connectivity index (χ1n) is 9.29. The van der Waals surface area contributed by atoms with Crippen molar-refractivity contribution in [2.75, 3.05) is 27.6 Å². The Bertz CT molecular complexity index is 979. The largest absolute Gasteiger partial charge is 0.493 e. The Kier molecular flexibility index (Phi) is 3.54. The Morgan fingerprint density at radius 1 is 1.04 bits per heavy atom. The predicted octanol–water partition coefficient (Wildman–Crippen LogP) is 4.25. The smallest absolute Gasteiger partial charge is 0.231 e. The van der Waals surface area contributed by atoms with Crippen molar-refractivity contribution in [2.45, 2.75) is 26.3 Å². The first-order chi connectivity index (χ1) is 13.1. The Balaban J connectivity index is 1.76. The van der Waals surface area contributed by atoms with E-state index in [-0.39, 0.29) is 6.04 Å². The summed E-state index contributed by atoms with van der Waals surface area (Å²) in [5.41, 5.74) is 7.51. The van der Waals surface area contributed by atoms with Gasteiger partial charge in [-0.05, 0) is 55.2 Å². The fourth-order valence-electron chi connectivity index (χ4n) is 4.70. The summed E-state index contributed by atoms with van der Waals surface area (Å²) < 4.78 is 22.5. The Morgan fingerprint density at radius 2 is 1.81 bits per heavy atom. The molecule has 0 saturated heterocycles. The zero-order valence-corrected chi connectivity index (χ0v) is 16.1. The summed E-state index contributed by atoms with van der Waals surface area (Å²) in [6.07, 6.45) is 0.981. The fraction of sp³-hybridized carbons (Fsp3) is 0.364. The van der Waals surface area contributed by atoms with Crippen LogP contribution in [0.2, 0.25) is 0 Å². The summed E-state index contributed by atoms with van der Waals surface area (Å²) in [6.45, 7) is 5.69. The third-order valence-corrected chi connectivity index (χ3v) is 5.99. The average molecular weight is 365 g/mol. The Hall–Kier alpha value is -2.82. The van der Waals surface area contributed by atoms with Gasteiger partial charge in [0.05, 0.1) is 20.3 Å². The number of fused-ring (bicyclic) bond motifs is 5. The highest BCUT2D eigenvalue weighted by Crippen LogP contribution is 2.52. The monoisotopic (exact) mass is 365 g/mol. The van der Waals surface area contributed by atoms with Crippen molar-refractivity contribution in [1.82, 2.24) is 4.90 Å². The number of allylic oxidation sites excluding steroid dienone is 1. The molecule has 5 heteroatoms. The lowest BCUT2D eigenvalue weighted by Gasteiger charge is -2.43. The fourth-order valence-corrected chi connectivity index (χ4v) is 4.70. The van der Waals surface area contributed by atoms with E-state index in [1.54, 1.807) is 14.2 Å². The molecule has 0 bridgehead atoms. The number of methoxy groups -OCH3 is 2. The van der Waals surface area contributed by atoms with E-state index in [2.05, 4.69) is 36.9 Å². The third kappa shape index (κ3) is 2.17. The molecular weight excluding hydrogens is 342 g/mol. The molecule has 0 fully saturated rings. The number of rotatable bonds is 2. The average Bonchev–Trinajstić information content (AvgIpc) is 3.15. The first kappa shape index (κ1) is 16.4. The molecule has 27 heavy (non-hydrogen) atoms. The summed E-state index contributed by atoms with van der Waals surface area (Å²) >= 11 is 0. The Labute approximate surface area is 159 Å². The van der Waals surface area contributed by atoms with Gasteiger partial charge >= 0.3 is 0 Å². The predicted molar refractivity (Wildman–Crippen MR) is 103 cm³/mol. The highest BCUT2D eigenvalue weighted by atomic mass is 16.7. The molecule has 1 unspecified atom stereocenters. The van der Waals surface area contributed by atoms with Gasteiger partial charge in [0.1, 0.15) is 0 Å². The summed E-state index contributed by atoms with van der Waals surface area (Å²) in [7, 11) is 3.40. The number of nitrogens with zero attached hydrogens (tertiary/aromatic N) is 1. The van der Waals surface area contributed by atoms with E-state index in [1.165, 1.54) is 33.5 Å². The molecule has 5 rings (SSSR count). The minimum Gasteiger partial charge on any atom is -0.493 e. The van der Waals surface area contributed by atoms with Gasteiger partial charge in [-0.2, -0.15) is 0 Å². The molecule has 2 aromatic rings. The van der Waals surface area contributed by atoms with Crippen molar-refractivity contribution in [3.05, 3.63) is 46.5 Å². The van der Waals surface area contributed by atoms with Crippen LogP contribution >= 0.6 is 0 Å². The molecule has 3 heterocycles. The normalized spacial score (nSPS) is 19.4. The SMILES string of the molecule is COc1ccc2c(c1OC)C(C)N1CCc3cc4c(cc3C1=C2C)OCO4. The summed E-state index contributed by atoms with van der Waals surface area (Å²) in [5.74, 6) is 3.30. The molecule has 0 aromatic heterocycles. The van der Waals surface area contributed by atoms with E-state index < -0.39 is 0 Å². The van der Waals surface area contributed by atoms with E-state index in [9.17, 15) is 0 Å². The summed E-state index contributed by atoms with van der Waals surface area (Å²) in [4.78, 5) is 2.48. The lowest BCUT2D eigenvalue weighted by atomic mass is 9.82. The molecule has 2 aromatic carbocycles. The lowest BCUT2D eigenvalue weighted by molar-refractivity contribution is 0.174. The molecule has 0 saturated carbocycles. The van der Waals surface area contributed by atoms with Gasteiger partial charge in [0.2, 0.25) is 6.79 Å². The van der Waals surface area contributed by atoms with Crippen molar-refractivity contribution in [2.24, 2.45) is 0 Å². The molecule has 1 atom stereocenters. The molecule has 140 valence electrons. The van der Waals surface area contributed by atoms with Crippen molar-refractivity contribution in [3.8, 4) is 23.0 Å². The van der Waals surface area contributed by atoms with Crippen LogP contribution in [0.15, 0.2) is 24.3 Å². The second-order valence-corrected chi connectivity index (χ2v) is 7.22. The van der Waals surface area contributed by atoms with E-state index in [4.69, 9.17) is 18.9 Å². The van der Waals surface area contributed by atoms with E-state index in [1.807, 2.05) is 6.07 Å². The van der Waals surface area contributed by atoms with Gasteiger partial charge in [-0.25, -0.2) is 0 Å². The molecule has 0 aliphatic carbocycles. The summed E-state index contributed by atoms with van der Waals surface area (Å²) in [5, 5.41) is 0. The molecule has 3 aliphatic heterocycles. The standard InChI is InChI=1S/C22H23NO4/c1-12-15-5-6-17(24-3)22(25-4)20(15)13(2)23-8-7-14-9-18-19(27-11-26-18)10-16(14)21(12)23/h5-6,9-10,13H,7-8,11H2,1-4H3. The van der Waals surface area contributed by atoms with E-state index >= 15 is 0 Å². The zero-order chi connectivity index (χ0) is 18.7. The van der Waals surface area contributed by atoms with Crippen LogP contribution in [0.25, 0.3) is 11.3 Å². The van der Waals surface area contributed by atoms with Crippen LogP contribution in [0.3, 0.4) is 0 Å². The summed E-state index contributed by atoms with van der Waals surface area (Å²) in [6, 6.07) is 8.62. The van der Waals surface area contributed by atoms with Crippen molar-refractivity contribution in [3.63, 3.8) is 0 Å². The maximum Gasteiger partial charge on any atom is 0.231 e. The molecule has 0 N–H and O–H groups in total. The second kappa shape index (κ2) is 5.84. The van der Waals surface area contributed by atoms with Gasteiger partial charge in [-0.15, -0.1) is 0 Å². The van der Waals surface area contributed by atoms with Gasteiger partial charge in [-0.1, -0.05) is 6.07 Å². The highest BCUT2D eigenvalue weighted by molar-refractivity contribution is 5.94. The van der Waals surface area contributed by atoms with Crippen LogP contribution in [0.5, 0.6) is 23.0 Å². The lowest BCUT2D eigenvalue weighted by Crippen LogP contribution is -2.35. The Morgan fingerprint density at radius 3 is 2.56 bits per heavy atom. The quantitative estimate of drug-likeness (QED) is 0.796. The molecular formula is C22H23NO4. The number of benzene rings is 2. The molecule has 0 amide bonds. The highest BCUT2D eigenvalue weighted by Gasteiger charge is 2.36. The molecule has 0 spiro atoms. The minimum absolute atomic E-state index is 0.197. The van der Waals surface area contributed by atoms with Gasteiger partial charge in [-0.3, -0.25) is 0 Å². The van der Waals surface area contributed by atoms with Gasteiger partial charge in [0, 0.05) is 23.4 Å². The van der Waals surface area contributed by atoms with Crippen LogP contribution in [-0.2, 0) is 6.42 Å². The van der Waals surface area contributed by atoms with Gasteiger partial charge in [0.15, 0.2) is 23.0 Å². The van der Waals surface area contributed by atoms with Gasteiger partial charge < -0.3 is 23.8 Å². The second-order valence-electron chi connectivity index (χ2n) is 7.22. The van der Waals surface area contributed by atoms with Crippen LogP contribution in [0, 0.1) is 0 Å². The van der Waals surface area contributed by atoms with Crippen molar-refractivity contribution >= 4 is 11.3 Å². The molecule has 3 aliphatic rings. The maximum atomic E-state index is 5.75.